The number of nitrogens with zero attached hydrogens (tertiary/aromatic N) is 3. The van der Waals surface area contributed by atoms with Gasteiger partial charge in [0.05, 0.1) is 31.1 Å². The van der Waals surface area contributed by atoms with Crippen molar-refractivity contribution in [3.8, 4) is 0 Å². The number of carbonyl (C=O) groups is 1. The van der Waals surface area contributed by atoms with Gasteiger partial charge in [0.15, 0.2) is 0 Å². The van der Waals surface area contributed by atoms with Crippen molar-refractivity contribution >= 4 is 15.9 Å². The topological polar surface area (TPSA) is 93.5 Å². The van der Waals surface area contributed by atoms with E-state index in [1.807, 2.05) is 26.0 Å². The maximum Gasteiger partial charge on any atom is 0.251 e. The lowest BCUT2D eigenvalue weighted by Gasteiger charge is -2.26. The Morgan fingerprint density at radius 2 is 1.71 bits per heavy atom. The minimum Gasteiger partial charge on any atom is -0.379 e. The second-order valence-corrected chi connectivity index (χ2v) is 10.9. The van der Waals surface area contributed by atoms with E-state index in [1.54, 1.807) is 30.7 Å². The first-order chi connectivity index (χ1) is 16.7. The fraction of sp³-hybridized carbons (Fsp3) is 0.385. The van der Waals surface area contributed by atoms with Crippen LogP contribution in [0.25, 0.3) is 0 Å². The number of hydrogen-bond acceptors (Lipinski definition) is 5. The summed E-state index contributed by atoms with van der Waals surface area (Å²) in [6, 6.07) is 13.5. The molecule has 4 rings (SSSR count). The monoisotopic (exact) mass is 496 g/mol. The van der Waals surface area contributed by atoms with Crippen LogP contribution in [0.1, 0.15) is 44.0 Å². The zero-order valence-electron chi connectivity index (χ0n) is 20.7. The highest BCUT2D eigenvalue weighted by Gasteiger charge is 2.32. The normalized spacial score (nSPS) is 14.7. The van der Waals surface area contributed by atoms with Gasteiger partial charge in [-0.05, 0) is 56.5 Å². The summed E-state index contributed by atoms with van der Waals surface area (Å²) < 4.78 is 34.8. The van der Waals surface area contributed by atoms with Gasteiger partial charge in [0.1, 0.15) is 4.90 Å². The van der Waals surface area contributed by atoms with Gasteiger partial charge in [-0.15, -0.1) is 0 Å². The molecular formula is C26H32N4O4S. The highest BCUT2D eigenvalue weighted by molar-refractivity contribution is 7.89. The van der Waals surface area contributed by atoms with Crippen LogP contribution in [-0.4, -0.2) is 54.7 Å². The average Bonchev–Trinajstić information content (AvgIpc) is 3.13. The van der Waals surface area contributed by atoms with Crippen LogP contribution in [-0.2, 0) is 27.8 Å². The van der Waals surface area contributed by atoms with Crippen molar-refractivity contribution < 1.29 is 17.9 Å². The van der Waals surface area contributed by atoms with Gasteiger partial charge in [-0.3, -0.25) is 9.48 Å². The lowest BCUT2D eigenvalue weighted by atomic mass is 10.1. The second-order valence-electron chi connectivity index (χ2n) is 8.98. The van der Waals surface area contributed by atoms with Crippen LogP contribution in [0.5, 0.6) is 0 Å². The van der Waals surface area contributed by atoms with E-state index in [9.17, 15) is 13.2 Å². The van der Waals surface area contributed by atoms with Gasteiger partial charge in [0.25, 0.3) is 5.91 Å². The van der Waals surface area contributed by atoms with Crippen molar-refractivity contribution in [2.75, 3.05) is 26.3 Å². The van der Waals surface area contributed by atoms with E-state index >= 15 is 0 Å². The van der Waals surface area contributed by atoms with E-state index in [-0.39, 0.29) is 10.8 Å². The molecular weight excluding hydrogens is 464 g/mol. The molecule has 9 heteroatoms. The van der Waals surface area contributed by atoms with Crippen LogP contribution < -0.4 is 5.32 Å². The fourth-order valence-electron chi connectivity index (χ4n) is 4.33. The number of hydrogen-bond donors (Lipinski definition) is 1. The summed E-state index contributed by atoms with van der Waals surface area (Å²) in [6.07, 6.45) is 0. The molecule has 1 aliphatic rings. The first-order valence-electron chi connectivity index (χ1n) is 11.7. The van der Waals surface area contributed by atoms with Crippen molar-refractivity contribution in [1.82, 2.24) is 19.4 Å². The summed E-state index contributed by atoms with van der Waals surface area (Å²) in [5.41, 5.74) is 5.99. The fourth-order valence-corrected chi connectivity index (χ4v) is 6.11. The van der Waals surface area contributed by atoms with Gasteiger partial charge in [-0.2, -0.15) is 9.40 Å². The van der Waals surface area contributed by atoms with Crippen molar-refractivity contribution in [1.29, 1.82) is 0 Å². The van der Waals surface area contributed by atoms with Crippen LogP contribution in [0.4, 0.5) is 0 Å². The minimum absolute atomic E-state index is 0.137. The molecule has 3 aromatic rings. The number of carbonyl (C=O) groups excluding carboxylic acids is 1. The molecule has 1 amide bonds. The summed E-state index contributed by atoms with van der Waals surface area (Å²) >= 11 is 0. The quantitative estimate of drug-likeness (QED) is 0.543. The van der Waals surface area contributed by atoms with Gasteiger partial charge in [0.2, 0.25) is 10.0 Å². The number of aromatic nitrogens is 2. The van der Waals surface area contributed by atoms with Gasteiger partial charge < -0.3 is 10.1 Å². The summed E-state index contributed by atoms with van der Waals surface area (Å²) in [5.74, 6) is -0.137. The number of ether oxygens (including phenoxy) is 1. The molecule has 1 aliphatic heterocycles. The lowest BCUT2D eigenvalue weighted by Crippen LogP contribution is -2.41. The van der Waals surface area contributed by atoms with E-state index in [0.717, 1.165) is 22.3 Å². The summed E-state index contributed by atoms with van der Waals surface area (Å²) in [7, 11) is -3.63. The molecule has 1 fully saturated rings. The third-order valence-corrected chi connectivity index (χ3v) is 8.53. The highest BCUT2D eigenvalue weighted by Crippen LogP contribution is 2.25. The Hall–Kier alpha value is -3.01. The maximum absolute atomic E-state index is 13.2. The molecule has 186 valence electrons. The van der Waals surface area contributed by atoms with Crippen molar-refractivity contribution in [2.24, 2.45) is 0 Å². The lowest BCUT2D eigenvalue weighted by molar-refractivity contribution is 0.0730. The van der Waals surface area contributed by atoms with Gasteiger partial charge in [-0.25, -0.2) is 8.42 Å². The Bertz CT molecular complexity index is 1320. The number of aryl methyl sites for hydroxylation is 3. The summed E-state index contributed by atoms with van der Waals surface area (Å²) in [5, 5.41) is 7.49. The van der Waals surface area contributed by atoms with Crippen LogP contribution in [0.3, 0.4) is 0 Å². The zero-order chi connectivity index (χ0) is 25.2. The molecule has 0 spiro atoms. The maximum atomic E-state index is 13.2. The van der Waals surface area contributed by atoms with Crippen LogP contribution >= 0.6 is 0 Å². The second kappa shape index (κ2) is 10.3. The number of amides is 1. The number of morpholine rings is 1. The van der Waals surface area contributed by atoms with Gasteiger partial charge >= 0.3 is 0 Å². The number of nitrogens with one attached hydrogen (secondary N) is 1. The molecule has 1 N–H and O–H groups in total. The molecule has 2 aromatic carbocycles. The van der Waals surface area contributed by atoms with Crippen LogP contribution in [0.2, 0.25) is 0 Å². The first-order valence-corrected chi connectivity index (χ1v) is 13.2. The average molecular weight is 497 g/mol. The molecule has 35 heavy (non-hydrogen) atoms. The van der Waals surface area contributed by atoms with Crippen molar-refractivity contribution in [3.63, 3.8) is 0 Å². The van der Waals surface area contributed by atoms with Gasteiger partial charge in [0, 0.05) is 25.2 Å². The summed E-state index contributed by atoms with van der Waals surface area (Å²) in [6.45, 7) is 9.95. The van der Waals surface area contributed by atoms with E-state index < -0.39 is 10.0 Å². The van der Waals surface area contributed by atoms with E-state index in [1.165, 1.54) is 4.31 Å². The van der Waals surface area contributed by atoms with Crippen LogP contribution in [0.15, 0.2) is 47.4 Å². The molecule has 0 bridgehead atoms. The Morgan fingerprint density at radius 1 is 1.03 bits per heavy atom. The predicted octanol–water partition coefficient (Wildman–Crippen LogP) is 3.12. The molecule has 0 radical (unpaired) electrons. The first kappa shape index (κ1) is 25.1. The molecule has 1 aromatic heterocycles. The molecule has 8 nitrogen and oxygen atoms in total. The molecule has 0 aliphatic carbocycles. The Morgan fingerprint density at radius 3 is 2.40 bits per heavy atom. The van der Waals surface area contributed by atoms with Gasteiger partial charge in [-0.1, -0.05) is 35.9 Å². The number of rotatable bonds is 7. The van der Waals surface area contributed by atoms with E-state index in [0.29, 0.717) is 56.3 Å². The Kier molecular flexibility index (Phi) is 7.39. The number of benzene rings is 2. The highest BCUT2D eigenvalue weighted by atomic mass is 32.2. The Labute approximate surface area is 207 Å². The molecule has 0 atom stereocenters. The SMILES string of the molecule is Cc1ccc(C)c(CNC(=O)c2ccc(Cn3nc(C)c(S(=O)(=O)N4CCOCC4)c3C)cc2)c1. The van der Waals surface area contributed by atoms with Crippen molar-refractivity contribution in [2.45, 2.75) is 45.7 Å². The molecule has 0 saturated carbocycles. The zero-order valence-corrected chi connectivity index (χ0v) is 21.5. The smallest absolute Gasteiger partial charge is 0.251 e. The molecule has 2 heterocycles. The van der Waals surface area contributed by atoms with Crippen LogP contribution in [0, 0.1) is 27.7 Å². The van der Waals surface area contributed by atoms with E-state index in [2.05, 4.69) is 28.6 Å². The third-order valence-electron chi connectivity index (χ3n) is 6.38. The van der Waals surface area contributed by atoms with E-state index in [4.69, 9.17) is 4.74 Å². The predicted molar refractivity (Wildman–Crippen MR) is 134 cm³/mol. The molecule has 1 saturated heterocycles. The Balaban J connectivity index is 1.44. The third kappa shape index (κ3) is 5.47. The largest absolute Gasteiger partial charge is 0.379 e. The molecule has 0 unspecified atom stereocenters. The van der Waals surface area contributed by atoms with Crippen molar-refractivity contribution in [3.05, 3.63) is 81.7 Å². The minimum atomic E-state index is -3.63. The number of sulfonamides is 1. The summed E-state index contributed by atoms with van der Waals surface area (Å²) in [4.78, 5) is 12.9. The standard InChI is InChI=1S/C26H32N4O4S/c1-18-5-6-19(2)24(15-18)16-27-26(31)23-9-7-22(8-10-23)17-30-21(4)25(20(3)28-30)35(32,33)29-11-13-34-14-12-29/h5-10,15H,11-14,16-17H2,1-4H3,(H,27,31).